The summed E-state index contributed by atoms with van der Waals surface area (Å²) < 4.78 is 7.27. The van der Waals surface area contributed by atoms with E-state index in [9.17, 15) is 4.79 Å². The molecule has 0 saturated carbocycles. The molecule has 0 fully saturated rings. The Balaban J connectivity index is 2.02. The Hall–Kier alpha value is -2.29. The van der Waals surface area contributed by atoms with E-state index in [-0.39, 0.29) is 5.78 Å². The zero-order valence-electron chi connectivity index (χ0n) is 9.17. The molecule has 3 nitrogen and oxygen atoms in total. The molecule has 3 rings (SSSR count). The van der Waals surface area contributed by atoms with E-state index >= 15 is 0 Å². The van der Waals surface area contributed by atoms with Gasteiger partial charge in [-0.15, -0.1) is 0 Å². The van der Waals surface area contributed by atoms with E-state index in [0.717, 1.165) is 11.3 Å². The minimum atomic E-state index is 0.0325. The van der Waals surface area contributed by atoms with Gasteiger partial charge in [0.1, 0.15) is 5.76 Å². The second-order valence-electron chi connectivity index (χ2n) is 3.94. The second-order valence-corrected chi connectivity index (χ2v) is 3.94. The van der Waals surface area contributed by atoms with Crippen LogP contribution in [0.15, 0.2) is 52.8 Å². The molecule has 3 heterocycles. The number of rotatable bonds is 1. The maximum Gasteiger partial charge on any atom is 0.183 e. The van der Waals surface area contributed by atoms with Crippen LogP contribution >= 0.6 is 0 Å². The average Bonchev–Trinajstić information content (AvgIpc) is 2.94. The van der Waals surface area contributed by atoms with Gasteiger partial charge in [0.05, 0.1) is 12.8 Å². The summed E-state index contributed by atoms with van der Waals surface area (Å²) in [7, 11) is 0. The summed E-state index contributed by atoms with van der Waals surface area (Å²) in [6.45, 7) is 0.578. The van der Waals surface area contributed by atoms with Gasteiger partial charge in [-0.25, -0.2) is 0 Å². The molecule has 0 bridgehead atoms. The van der Waals surface area contributed by atoms with Gasteiger partial charge in [0.25, 0.3) is 0 Å². The fourth-order valence-electron chi connectivity index (χ4n) is 1.91. The van der Waals surface area contributed by atoms with Crippen molar-refractivity contribution in [1.29, 1.82) is 0 Å². The fourth-order valence-corrected chi connectivity index (χ4v) is 1.91. The first-order chi connectivity index (χ1) is 8.33. The van der Waals surface area contributed by atoms with Crippen LogP contribution in [0.3, 0.4) is 0 Å². The van der Waals surface area contributed by atoms with Gasteiger partial charge in [-0.05, 0) is 42.5 Å². The number of carbonyl (C=O) groups is 1. The number of aromatic nitrogens is 1. The first-order valence-corrected chi connectivity index (χ1v) is 5.44. The van der Waals surface area contributed by atoms with Crippen LogP contribution in [0.25, 0.3) is 12.2 Å². The SMILES string of the molecule is O=C1C=Cc2cccn2C/C1=C/c1ccco1. The van der Waals surface area contributed by atoms with Crippen molar-refractivity contribution in [3.05, 3.63) is 59.8 Å². The molecule has 0 saturated heterocycles. The van der Waals surface area contributed by atoms with Crippen LogP contribution in [0, 0.1) is 0 Å². The molecule has 0 aliphatic carbocycles. The summed E-state index contributed by atoms with van der Waals surface area (Å²) in [6, 6.07) is 7.61. The van der Waals surface area contributed by atoms with Gasteiger partial charge in [0, 0.05) is 17.5 Å². The van der Waals surface area contributed by atoms with Crippen LogP contribution in [-0.4, -0.2) is 10.4 Å². The van der Waals surface area contributed by atoms with Gasteiger partial charge in [0.2, 0.25) is 0 Å². The Kier molecular flexibility index (Phi) is 2.29. The van der Waals surface area contributed by atoms with Gasteiger partial charge in [-0.1, -0.05) is 0 Å². The number of fused-ring (bicyclic) bond motifs is 1. The molecule has 0 aromatic carbocycles. The third-order valence-corrected chi connectivity index (χ3v) is 2.79. The number of hydrogen-bond acceptors (Lipinski definition) is 2. The van der Waals surface area contributed by atoms with Crippen LogP contribution in [0.1, 0.15) is 11.5 Å². The molecule has 0 unspecified atom stereocenters. The number of hydrogen-bond donors (Lipinski definition) is 0. The second kappa shape index (κ2) is 3.94. The maximum absolute atomic E-state index is 11.9. The number of nitrogens with zero attached hydrogens (tertiary/aromatic N) is 1. The highest BCUT2D eigenvalue weighted by atomic mass is 16.3. The molecule has 2 aromatic heterocycles. The summed E-state index contributed by atoms with van der Waals surface area (Å²) in [5, 5.41) is 0. The van der Waals surface area contributed by atoms with Crippen molar-refractivity contribution >= 4 is 17.9 Å². The predicted molar refractivity (Wildman–Crippen MR) is 65.2 cm³/mol. The van der Waals surface area contributed by atoms with Gasteiger partial charge in [-0.2, -0.15) is 0 Å². The van der Waals surface area contributed by atoms with Gasteiger partial charge < -0.3 is 8.98 Å². The molecule has 0 spiro atoms. The monoisotopic (exact) mass is 225 g/mol. The third-order valence-electron chi connectivity index (χ3n) is 2.79. The number of furan rings is 1. The standard InChI is InChI=1S/C14H11NO2/c16-14-6-5-12-3-1-7-15(12)10-11(14)9-13-4-2-8-17-13/h1-9H,10H2/b11-9-. The van der Waals surface area contributed by atoms with Crippen LogP contribution in [0.4, 0.5) is 0 Å². The molecule has 0 radical (unpaired) electrons. The summed E-state index contributed by atoms with van der Waals surface area (Å²) in [5.74, 6) is 0.738. The molecular weight excluding hydrogens is 214 g/mol. The van der Waals surface area contributed by atoms with Crippen molar-refractivity contribution in [3.8, 4) is 0 Å². The van der Waals surface area contributed by atoms with E-state index in [2.05, 4.69) is 0 Å². The summed E-state index contributed by atoms with van der Waals surface area (Å²) >= 11 is 0. The van der Waals surface area contributed by atoms with Crippen molar-refractivity contribution in [2.75, 3.05) is 0 Å². The Morgan fingerprint density at radius 3 is 3.00 bits per heavy atom. The van der Waals surface area contributed by atoms with E-state index in [0.29, 0.717) is 12.3 Å². The van der Waals surface area contributed by atoms with Crippen LogP contribution in [-0.2, 0) is 11.3 Å². The lowest BCUT2D eigenvalue weighted by Gasteiger charge is -2.04. The molecule has 1 aliphatic rings. The smallest absolute Gasteiger partial charge is 0.183 e. The quantitative estimate of drug-likeness (QED) is 0.699. The van der Waals surface area contributed by atoms with Gasteiger partial charge >= 0.3 is 0 Å². The number of allylic oxidation sites excluding steroid dienone is 2. The lowest BCUT2D eigenvalue weighted by atomic mass is 10.1. The topological polar surface area (TPSA) is 35.1 Å². The van der Waals surface area contributed by atoms with Gasteiger partial charge in [0.15, 0.2) is 5.78 Å². The molecule has 17 heavy (non-hydrogen) atoms. The van der Waals surface area contributed by atoms with Gasteiger partial charge in [-0.3, -0.25) is 4.79 Å². The fraction of sp³-hybridized carbons (Fsp3) is 0.0714. The zero-order valence-corrected chi connectivity index (χ0v) is 9.17. The Morgan fingerprint density at radius 2 is 2.18 bits per heavy atom. The molecule has 1 aliphatic heterocycles. The predicted octanol–water partition coefficient (Wildman–Crippen LogP) is 2.76. The van der Waals surface area contributed by atoms with Crippen molar-refractivity contribution < 1.29 is 9.21 Å². The Labute approximate surface area is 98.7 Å². The maximum atomic E-state index is 11.9. The summed E-state index contributed by atoms with van der Waals surface area (Å²) in [5.41, 5.74) is 1.77. The van der Waals surface area contributed by atoms with Crippen molar-refractivity contribution in [2.45, 2.75) is 6.54 Å². The van der Waals surface area contributed by atoms with E-state index in [1.807, 2.05) is 41.1 Å². The third kappa shape index (κ3) is 1.87. The normalized spacial score (nSPS) is 17.2. The highest BCUT2D eigenvalue weighted by Gasteiger charge is 2.13. The first-order valence-electron chi connectivity index (χ1n) is 5.44. The molecule has 84 valence electrons. The van der Waals surface area contributed by atoms with Crippen LogP contribution in [0.2, 0.25) is 0 Å². The van der Waals surface area contributed by atoms with E-state index in [1.54, 1.807) is 18.4 Å². The minimum absolute atomic E-state index is 0.0325. The Morgan fingerprint density at radius 1 is 1.24 bits per heavy atom. The zero-order chi connectivity index (χ0) is 11.7. The molecule has 2 aromatic rings. The molecule has 0 amide bonds. The lowest BCUT2D eigenvalue weighted by molar-refractivity contribution is -0.111. The van der Waals surface area contributed by atoms with Crippen LogP contribution < -0.4 is 0 Å². The Bertz CT molecular complexity index is 600. The summed E-state index contributed by atoms with van der Waals surface area (Å²) in [6.07, 6.45) is 8.80. The minimum Gasteiger partial charge on any atom is -0.465 e. The van der Waals surface area contributed by atoms with E-state index in [1.165, 1.54) is 0 Å². The van der Waals surface area contributed by atoms with E-state index in [4.69, 9.17) is 4.42 Å². The van der Waals surface area contributed by atoms with Crippen molar-refractivity contribution in [2.24, 2.45) is 0 Å². The highest BCUT2D eigenvalue weighted by molar-refractivity contribution is 6.09. The highest BCUT2D eigenvalue weighted by Crippen LogP contribution is 2.17. The van der Waals surface area contributed by atoms with E-state index < -0.39 is 0 Å². The molecular formula is C14H11NO2. The lowest BCUT2D eigenvalue weighted by Crippen LogP contribution is -2.05. The van der Waals surface area contributed by atoms with Crippen molar-refractivity contribution in [3.63, 3.8) is 0 Å². The number of ketones is 1. The first kappa shape index (κ1) is 9.90. The number of carbonyl (C=O) groups excluding carboxylic acids is 1. The van der Waals surface area contributed by atoms with Crippen molar-refractivity contribution in [1.82, 2.24) is 4.57 Å². The van der Waals surface area contributed by atoms with Crippen LogP contribution in [0.5, 0.6) is 0 Å². The molecule has 3 heteroatoms. The molecule has 0 N–H and O–H groups in total. The average molecular weight is 225 g/mol. The molecule has 0 atom stereocenters. The largest absolute Gasteiger partial charge is 0.465 e. The summed E-state index contributed by atoms with van der Waals surface area (Å²) in [4.78, 5) is 11.9.